The van der Waals surface area contributed by atoms with Crippen LogP contribution in [-0.2, 0) is 23.4 Å². The van der Waals surface area contributed by atoms with Crippen LogP contribution in [0.2, 0.25) is 5.02 Å². The zero-order valence-electron chi connectivity index (χ0n) is 19.3. The van der Waals surface area contributed by atoms with Gasteiger partial charge in [-0.15, -0.1) is 0 Å². The van der Waals surface area contributed by atoms with Gasteiger partial charge in [0.1, 0.15) is 0 Å². The van der Waals surface area contributed by atoms with Gasteiger partial charge in [-0.1, -0.05) is 59.4 Å². The SMILES string of the molecule is Cc1c(C(=O)Nc2ccc(CS(=O)[O-])cc2)cn(CCN2CCCCC2)c1-c1ccccc1Cl. The predicted octanol–water partition coefficient (Wildman–Crippen LogP) is 5.23. The van der Waals surface area contributed by atoms with Gasteiger partial charge >= 0.3 is 0 Å². The summed E-state index contributed by atoms with van der Waals surface area (Å²) in [5.74, 6) is -0.253. The topological polar surface area (TPSA) is 77.4 Å². The summed E-state index contributed by atoms with van der Waals surface area (Å²) in [7, 11) is 0. The Morgan fingerprint density at radius 1 is 1.06 bits per heavy atom. The van der Waals surface area contributed by atoms with Crippen LogP contribution in [0.3, 0.4) is 0 Å². The van der Waals surface area contributed by atoms with E-state index in [1.54, 1.807) is 24.3 Å². The fourth-order valence-corrected chi connectivity index (χ4v) is 5.22. The van der Waals surface area contributed by atoms with Crippen molar-refractivity contribution in [1.82, 2.24) is 9.47 Å². The third-order valence-electron chi connectivity index (χ3n) is 6.31. The highest BCUT2D eigenvalue weighted by molar-refractivity contribution is 7.78. The van der Waals surface area contributed by atoms with E-state index in [0.29, 0.717) is 21.8 Å². The summed E-state index contributed by atoms with van der Waals surface area (Å²) >= 11 is 4.41. The fourth-order valence-electron chi connectivity index (χ4n) is 4.53. The van der Waals surface area contributed by atoms with Gasteiger partial charge in [-0.25, -0.2) is 0 Å². The highest BCUT2D eigenvalue weighted by Crippen LogP contribution is 2.33. The molecule has 180 valence electrons. The van der Waals surface area contributed by atoms with Crippen molar-refractivity contribution in [3.63, 3.8) is 0 Å². The Hall–Kier alpha value is -2.45. The van der Waals surface area contributed by atoms with E-state index in [2.05, 4.69) is 14.8 Å². The van der Waals surface area contributed by atoms with Crippen molar-refractivity contribution in [2.75, 3.05) is 25.0 Å². The number of carbonyl (C=O) groups excluding carboxylic acids is 1. The van der Waals surface area contributed by atoms with Crippen molar-refractivity contribution >= 4 is 34.3 Å². The average molecular weight is 499 g/mol. The molecule has 0 spiro atoms. The van der Waals surface area contributed by atoms with E-state index in [0.717, 1.165) is 43.0 Å². The predicted molar refractivity (Wildman–Crippen MR) is 137 cm³/mol. The van der Waals surface area contributed by atoms with Gasteiger partial charge in [0.15, 0.2) is 0 Å². The highest BCUT2D eigenvalue weighted by Gasteiger charge is 2.21. The minimum atomic E-state index is -2.15. The summed E-state index contributed by atoms with van der Waals surface area (Å²) in [6, 6.07) is 14.6. The first-order valence-corrected chi connectivity index (χ1v) is 13.2. The molecular formula is C26H29ClN3O3S-. The zero-order chi connectivity index (χ0) is 24.1. The summed E-state index contributed by atoms with van der Waals surface area (Å²) in [4.78, 5) is 15.7. The number of amides is 1. The molecule has 1 atom stereocenters. The molecule has 3 aromatic rings. The molecule has 1 aliphatic rings. The molecule has 1 aliphatic heterocycles. The molecule has 1 aromatic heterocycles. The van der Waals surface area contributed by atoms with Gasteiger partial charge in [-0.3, -0.25) is 9.00 Å². The van der Waals surface area contributed by atoms with E-state index in [1.807, 2.05) is 37.4 Å². The minimum absolute atomic E-state index is 0.0472. The summed E-state index contributed by atoms with van der Waals surface area (Å²) in [6.45, 7) is 5.89. The second-order valence-electron chi connectivity index (χ2n) is 8.69. The van der Waals surface area contributed by atoms with E-state index in [9.17, 15) is 13.6 Å². The number of halogens is 1. The first-order chi connectivity index (χ1) is 16.4. The van der Waals surface area contributed by atoms with E-state index < -0.39 is 11.1 Å². The molecule has 1 N–H and O–H groups in total. The van der Waals surface area contributed by atoms with Crippen LogP contribution in [0.4, 0.5) is 5.69 Å². The number of carbonyl (C=O) groups is 1. The van der Waals surface area contributed by atoms with Gasteiger partial charge in [0.2, 0.25) is 0 Å². The van der Waals surface area contributed by atoms with Crippen molar-refractivity contribution < 1.29 is 13.6 Å². The summed E-state index contributed by atoms with van der Waals surface area (Å²) in [5.41, 5.74) is 4.63. The Bertz CT molecular complexity index is 1170. The molecule has 1 amide bonds. The van der Waals surface area contributed by atoms with Crippen LogP contribution in [0.5, 0.6) is 0 Å². The van der Waals surface area contributed by atoms with Gasteiger partial charge < -0.3 is 19.3 Å². The summed E-state index contributed by atoms with van der Waals surface area (Å²) in [6.07, 6.45) is 5.69. The minimum Gasteiger partial charge on any atom is -0.772 e. The third-order valence-corrected chi connectivity index (χ3v) is 7.21. The number of nitrogens with one attached hydrogen (secondary N) is 1. The number of piperidine rings is 1. The standard InChI is InChI=1S/C26H30ClN3O3S/c1-19-23(26(31)28-21-11-9-20(10-12-21)18-34(32)33)17-30(16-15-29-13-5-2-6-14-29)25(19)22-7-3-4-8-24(22)27/h3-4,7-12,17H,2,5-6,13-16,18H2,1H3,(H,28,31)(H,32,33)/p-1. The first kappa shape index (κ1) is 24.7. The quantitative estimate of drug-likeness (QED) is 0.431. The lowest BCUT2D eigenvalue weighted by Gasteiger charge is -2.27. The molecule has 1 saturated heterocycles. The fraction of sp³-hybridized carbons (Fsp3) is 0.346. The molecule has 4 rings (SSSR count). The van der Waals surface area contributed by atoms with Crippen molar-refractivity contribution in [2.45, 2.75) is 38.5 Å². The second-order valence-corrected chi connectivity index (χ2v) is 9.99. The van der Waals surface area contributed by atoms with Crippen LogP contribution >= 0.6 is 11.6 Å². The van der Waals surface area contributed by atoms with E-state index >= 15 is 0 Å². The van der Waals surface area contributed by atoms with Crippen LogP contribution < -0.4 is 5.32 Å². The Kier molecular flexibility index (Phi) is 8.21. The Balaban J connectivity index is 1.59. The third kappa shape index (κ3) is 5.96. The monoisotopic (exact) mass is 498 g/mol. The molecule has 8 heteroatoms. The van der Waals surface area contributed by atoms with Gasteiger partial charge in [0.25, 0.3) is 5.91 Å². The van der Waals surface area contributed by atoms with E-state index in [1.165, 1.54) is 19.3 Å². The molecule has 0 radical (unpaired) electrons. The summed E-state index contributed by atoms with van der Waals surface area (Å²) in [5, 5.41) is 3.60. The Labute approximate surface area is 208 Å². The van der Waals surface area contributed by atoms with Crippen molar-refractivity contribution in [3.8, 4) is 11.3 Å². The van der Waals surface area contributed by atoms with Gasteiger partial charge in [0.05, 0.1) is 11.3 Å². The number of rotatable bonds is 8. The summed E-state index contributed by atoms with van der Waals surface area (Å²) < 4.78 is 23.9. The van der Waals surface area contributed by atoms with Crippen LogP contribution in [0.25, 0.3) is 11.3 Å². The maximum atomic E-state index is 13.2. The van der Waals surface area contributed by atoms with Crippen LogP contribution in [0.15, 0.2) is 54.7 Å². The Morgan fingerprint density at radius 2 is 1.76 bits per heavy atom. The lowest BCUT2D eigenvalue weighted by atomic mass is 10.1. The maximum absolute atomic E-state index is 13.2. The zero-order valence-corrected chi connectivity index (χ0v) is 20.8. The van der Waals surface area contributed by atoms with Crippen LogP contribution in [-0.4, -0.2) is 43.8 Å². The van der Waals surface area contributed by atoms with E-state index in [-0.39, 0.29) is 11.7 Å². The number of aromatic nitrogens is 1. The highest BCUT2D eigenvalue weighted by atomic mass is 35.5. The number of nitrogens with zero attached hydrogens (tertiary/aromatic N) is 2. The molecule has 0 aliphatic carbocycles. The molecule has 0 bridgehead atoms. The van der Waals surface area contributed by atoms with Crippen LogP contribution in [0, 0.1) is 6.92 Å². The average Bonchev–Trinajstić information content (AvgIpc) is 3.15. The molecule has 6 nitrogen and oxygen atoms in total. The molecule has 34 heavy (non-hydrogen) atoms. The molecular weight excluding hydrogens is 470 g/mol. The van der Waals surface area contributed by atoms with Crippen molar-refractivity contribution in [2.24, 2.45) is 0 Å². The lowest BCUT2D eigenvalue weighted by molar-refractivity contribution is 0.102. The smallest absolute Gasteiger partial charge is 0.257 e. The largest absolute Gasteiger partial charge is 0.772 e. The molecule has 2 aromatic carbocycles. The van der Waals surface area contributed by atoms with Crippen molar-refractivity contribution in [3.05, 3.63) is 76.4 Å². The number of hydrogen-bond acceptors (Lipinski definition) is 4. The number of likely N-dealkylation sites (tertiary alicyclic amines) is 1. The van der Waals surface area contributed by atoms with Gasteiger partial charge in [-0.2, -0.15) is 0 Å². The van der Waals surface area contributed by atoms with Gasteiger partial charge in [-0.05, 0) is 62.2 Å². The number of hydrogen-bond donors (Lipinski definition) is 1. The molecule has 2 heterocycles. The molecule has 0 saturated carbocycles. The number of benzene rings is 2. The van der Waals surface area contributed by atoms with E-state index in [4.69, 9.17) is 11.6 Å². The van der Waals surface area contributed by atoms with Gasteiger partial charge in [0, 0.05) is 41.3 Å². The molecule has 1 fully saturated rings. The maximum Gasteiger partial charge on any atom is 0.257 e. The first-order valence-electron chi connectivity index (χ1n) is 11.6. The Morgan fingerprint density at radius 3 is 2.44 bits per heavy atom. The van der Waals surface area contributed by atoms with Crippen molar-refractivity contribution in [1.29, 1.82) is 0 Å². The normalized spacial score (nSPS) is 15.3. The number of anilines is 1. The lowest BCUT2D eigenvalue weighted by Crippen LogP contribution is -2.32. The second kappa shape index (κ2) is 11.3. The molecule has 1 unspecified atom stereocenters. The van der Waals surface area contributed by atoms with Crippen LogP contribution in [0.1, 0.15) is 40.7 Å².